The molecule has 0 spiro atoms. The summed E-state index contributed by atoms with van der Waals surface area (Å²) in [6.07, 6.45) is 0.893. The SMILES string of the molecule is CCCOc1ccc(C(=O)Nc2cc(OCC)ccc2OCC)cc1OCC. The molecule has 0 radical (unpaired) electrons. The number of benzene rings is 2. The Morgan fingerprint density at radius 3 is 2.14 bits per heavy atom. The van der Waals surface area contributed by atoms with Crippen molar-refractivity contribution in [1.82, 2.24) is 0 Å². The highest BCUT2D eigenvalue weighted by molar-refractivity contribution is 6.05. The van der Waals surface area contributed by atoms with E-state index in [-0.39, 0.29) is 5.91 Å². The number of carbonyl (C=O) groups is 1. The molecular weight excluding hydrogens is 358 g/mol. The maximum Gasteiger partial charge on any atom is 0.255 e. The Hall–Kier alpha value is -2.89. The van der Waals surface area contributed by atoms with Crippen molar-refractivity contribution in [2.24, 2.45) is 0 Å². The van der Waals surface area contributed by atoms with Crippen LogP contribution in [0.1, 0.15) is 44.5 Å². The van der Waals surface area contributed by atoms with Gasteiger partial charge < -0.3 is 24.3 Å². The number of hydrogen-bond acceptors (Lipinski definition) is 5. The summed E-state index contributed by atoms with van der Waals surface area (Å²) >= 11 is 0. The summed E-state index contributed by atoms with van der Waals surface area (Å²) in [5, 5.41) is 2.90. The summed E-state index contributed by atoms with van der Waals surface area (Å²) < 4.78 is 22.5. The lowest BCUT2D eigenvalue weighted by Crippen LogP contribution is -2.14. The van der Waals surface area contributed by atoms with Crippen LogP contribution < -0.4 is 24.3 Å². The molecule has 2 aromatic rings. The fourth-order valence-electron chi connectivity index (χ4n) is 2.59. The van der Waals surface area contributed by atoms with Gasteiger partial charge >= 0.3 is 0 Å². The van der Waals surface area contributed by atoms with Crippen LogP contribution in [0.25, 0.3) is 0 Å². The molecule has 0 unspecified atom stereocenters. The molecule has 6 heteroatoms. The van der Waals surface area contributed by atoms with E-state index in [9.17, 15) is 4.79 Å². The molecule has 0 saturated carbocycles. The Morgan fingerprint density at radius 1 is 0.786 bits per heavy atom. The first-order valence-electron chi connectivity index (χ1n) is 9.73. The van der Waals surface area contributed by atoms with Crippen LogP contribution in [-0.2, 0) is 0 Å². The Balaban J connectivity index is 2.26. The Bertz CT molecular complexity index is 776. The minimum absolute atomic E-state index is 0.266. The van der Waals surface area contributed by atoms with E-state index in [1.807, 2.05) is 33.8 Å². The van der Waals surface area contributed by atoms with Crippen molar-refractivity contribution in [1.29, 1.82) is 0 Å². The van der Waals surface area contributed by atoms with E-state index in [4.69, 9.17) is 18.9 Å². The van der Waals surface area contributed by atoms with Crippen LogP contribution in [0, 0.1) is 0 Å². The van der Waals surface area contributed by atoms with Crippen molar-refractivity contribution in [3.8, 4) is 23.0 Å². The Labute approximate surface area is 166 Å². The van der Waals surface area contributed by atoms with Gasteiger partial charge in [0.05, 0.1) is 32.1 Å². The van der Waals surface area contributed by atoms with Crippen LogP contribution in [0.3, 0.4) is 0 Å². The Morgan fingerprint density at radius 2 is 1.46 bits per heavy atom. The average Bonchev–Trinajstić information content (AvgIpc) is 2.69. The van der Waals surface area contributed by atoms with Crippen LogP contribution in [-0.4, -0.2) is 32.3 Å². The highest BCUT2D eigenvalue weighted by atomic mass is 16.5. The van der Waals surface area contributed by atoms with Crippen LogP contribution in [0.15, 0.2) is 36.4 Å². The molecule has 0 aromatic heterocycles. The second-order valence-electron chi connectivity index (χ2n) is 5.92. The van der Waals surface area contributed by atoms with Crippen LogP contribution in [0.4, 0.5) is 5.69 Å². The van der Waals surface area contributed by atoms with Gasteiger partial charge in [-0.25, -0.2) is 0 Å². The molecule has 0 heterocycles. The highest BCUT2D eigenvalue weighted by Gasteiger charge is 2.15. The van der Waals surface area contributed by atoms with Crippen molar-refractivity contribution in [2.75, 3.05) is 31.7 Å². The second kappa shape index (κ2) is 11.1. The zero-order chi connectivity index (χ0) is 20.4. The van der Waals surface area contributed by atoms with E-state index >= 15 is 0 Å². The predicted molar refractivity (Wildman–Crippen MR) is 110 cm³/mol. The number of rotatable bonds is 11. The summed E-state index contributed by atoms with van der Waals surface area (Å²) in [6, 6.07) is 10.5. The highest BCUT2D eigenvalue weighted by Crippen LogP contribution is 2.32. The molecule has 2 aromatic carbocycles. The molecule has 2 rings (SSSR count). The molecule has 0 atom stereocenters. The average molecular weight is 387 g/mol. The second-order valence-corrected chi connectivity index (χ2v) is 5.92. The zero-order valence-electron chi connectivity index (χ0n) is 17.0. The number of nitrogens with one attached hydrogen (secondary N) is 1. The number of ether oxygens (including phenoxy) is 4. The van der Waals surface area contributed by atoms with Gasteiger partial charge in [0.2, 0.25) is 0 Å². The Kier molecular flexibility index (Phi) is 8.46. The van der Waals surface area contributed by atoms with Gasteiger partial charge in [-0.1, -0.05) is 6.92 Å². The van der Waals surface area contributed by atoms with Gasteiger partial charge in [0.15, 0.2) is 11.5 Å². The smallest absolute Gasteiger partial charge is 0.255 e. The summed E-state index contributed by atoms with van der Waals surface area (Å²) in [4.78, 5) is 12.8. The van der Waals surface area contributed by atoms with Crippen molar-refractivity contribution in [3.63, 3.8) is 0 Å². The van der Waals surface area contributed by atoms with Gasteiger partial charge in [-0.2, -0.15) is 0 Å². The molecule has 0 aliphatic heterocycles. The van der Waals surface area contributed by atoms with E-state index in [0.29, 0.717) is 60.7 Å². The van der Waals surface area contributed by atoms with E-state index in [2.05, 4.69) is 5.32 Å². The molecule has 1 N–H and O–H groups in total. The first kappa shape index (κ1) is 21.4. The maximum atomic E-state index is 12.8. The molecule has 0 aliphatic rings. The molecular formula is C22H29NO5. The van der Waals surface area contributed by atoms with Gasteiger partial charge in [0, 0.05) is 11.6 Å². The van der Waals surface area contributed by atoms with E-state index in [1.54, 1.807) is 30.3 Å². The first-order chi connectivity index (χ1) is 13.6. The lowest BCUT2D eigenvalue weighted by molar-refractivity contribution is 0.102. The van der Waals surface area contributed by atoms with E-state index < -0.39 is 0 Å². The number of amides is 1. The minimum atomic E-state index is -0.266. The van der Waals surface area contributed by atoms with Crippen molar-refractivity contribution >= 4 is 11.6 Å². The topological polar surface area (TPSA) is 66.0 Å². The monoisotopic (exact) mass is 387 g/mol. The minimum Gasteiger partial charge on any atom is -0.494 e. The molecule has 152 valence electrons. The van der Waals surface area contributed by atoms with Gasteiger partial charge in [0.25, 0.3) is 5.91 Å². The number of carbonyl (C=O) groups excluding carboxylic acids is 1. The van der Waals surface area contributed by atoms with Gasteiger partial charge in [0.1, 0.15) is 11.5 Å². The van der Waals surface area contributed by atoms with E-state index in [1.165, 1.54) is 0 Å². The summed E-state index contributed by atoms with van der Waals surface area (Å²) in [7, 11) is 0. The summed E-state index contributed by atoms with van der Waals surface area (Å²) in [6.45, 7) is 9.84. The van der Waals surface area contributed by atoms with Gasteiger partial charge in [-0.05, 0) is 57.5 Å². The predicted octanol–water partition coefficient (Wildman–Crippen LogP) is 4.92. The van der Waals surface area contributed by atoms with Crippen molar-refractivity contribution in [2.45, 2.75) is 34.1 Å². The van der Waals surface area contributed by atoms with Gasteiger partial charge in [-0.15, -0.1) is 0 Å². The van der Waals surface area contributed by atoms with Crippen molar-refractivity contribution in [3.05, 3.63) is 42.0 Å². The van der Waals surface area contributed by atoms with Crippen LogP contribution in [0.2, 0.25) is 0 Å². The molecule has 6 nitrogen and oxygen atoms in total. The summed E-state index contributed by atoms with van der Waals surface area (Å²) in [5.74, 6) is 2.18. The molecule has 0 aliphatic carbocycles. The lowest BCUT2D eigenvalue weighted by atomic mass is 10.1. The largest absolute Gasteiger partial charge is 0.494 e. The molecule has 1 amide bonds. The van der Waals surface area contributed by atoms with Crippen LogP contribution >= 0.6 is 0 Å². The molecule has 28 heavy (non-hydrogen) atoms. The third-order valence-electron chi connectivity index (χ3n) is 3.78. The quantitative estimate of drug-likeness (QED) is 0.593. The lowest BCUT2D eigenvalue weighted by Gasteiger charge is -2.15. The van der Waals surface area contributed by atoms with E-state index in [0.717, 1.165) is 6.42 Å². The normalized spacial score (nSPS) is 10.3. The third kappa shape index (κ3) is 5.81. The maximum absolute atomic E-state index is 12.8. The standard InChI is InChI=1S/C22H29NO5/c1-5-13-28-20-11-9-16(14-21(20)27-8-4)22(24)23-18-15-17(25-6-2)10-12-19(18)26-7-3/h9-12,14-15H,5-8,13H2,1-4H3,(H,23,24). The summed E-state index contributed by atoms with van der Waals surface area (Å²) in [5.41, 5.74) is 1.03. The first-order valence-corrected chi connectivity index (χ1v) is 9.73. The van der Waals surface area contributed by atoms with Crippen molar-refractivity contribution < 1.29 is 23.7 Å². The zero-order valence-corrected chi connectivity index (χ0v) is 17.0. The van der Waals surface area contributed by atoms with Gasteiger partial charge in [-0.3, -0.25) is 4.79 Å². The van der Waals surface area contributed by atoms with Crippen LogP contribution in [0.5, 0.6) is 23.0 Å². The third-order valence-corrected chi connectivity index (χ3v) is 3.78. The molecule has 0 saturated heterocycles. The molecule has 0 bridgehead atoms. The molecule has 0 fully saturated rings. The number of anilines is 1. The fourth-order valence-corrected chi connectivity index (χ4v) is 2.59. The fraction of sp³-hybridized carbons (Fsp3) is 0.409. The number of hydrogen-bond donors (Lipinski definition) is 1.